The molecule has 0 spiro atoms. The van der Waals surface area contributed by atoms with Crippen LogP contribution in [0, 0.1) is 0 Å². The monoisotopic (exact) mass is 423 g/mol. The van der Waals surface area contributed by atoms with E-state index in [1.54, 1.807) is 0 Å². The first-order valence-electron chi connectivity index (χ1n) is 12.2. The third-order valence-corrected chi connectivity index (χ3v) is 5.70. The molecule has 1 N–H and O–H groups in total. The number of pyridine rings is 1. The van der Waals surface area contributed by atoms with Crippen molar-refractivity contribution >= 4 is 0 Å². The highest BCUT2D eigenvalue weighted by molar-refractivity contribution is 5.60. The summed E-state index contributed by atoms with van der Waals surface area (Å²) >= 11 is 0. The van der Waals surface area contributed by atoms with E-state index in [2.05, 4.69) is 42.8 Å². The van der Waals surface area contributed by atoms with Crippen LogP contribution < -0.4 is 4.74 Å². The Balaban J connectivity index is 1.70. The predicted molar refractivity (Wildman–Crippen MR) is 132 cm³/mol. The first-order valence-corrected chi connectivity index (χ1v) is 12.2. The summed E-state index contributed by atoms with van der Waals surface area (Å²) in [4.78, 5) is 4.62. The van der Waals surface area contributed by atoms with Gasteiger partial charge in [0, 0.05) is 11.8 Å². The molecule has 0 saturated heterocycles. The number of benzene rings is 1. The molecule has 170 valence electrons. The molecule has 1 heterocycles. The Labute approximate surface area is 189 Å². The Morgan fingerprint density at radius 1 is 0.935 bits per heavy atom. The van der Waals surface area contributed by atoms with Gasteiger partial charge in [0.05, 0.1) is 18.4 Å². The quantitative estimate of drug-likeness (QED) is 0.211. The maximum Gasteiger partial charge on any atom is 0.119 e. The van der Waals surface area contributed by atoms with Crippen LogP contribution in [0.1, 0.15) is 83.1 Å². The average molecular weight is 424 g/mol. The number of aryl methyl sites for hydroxylation is 1. The number of hydrogen-bond donors (Lipinski definition) is 1. The minimum atomic E-state index is -0.198. The van der Waals surface area contributed by atoms with E-state index in [0.717, 1.165) is 62.1 Å². The molecule has 31 heavy (non-hydrogen) atoms. The molecular formula is C28H41NO2. The standard InChI is InChI=1S/C28H41NO2/c1-3-5-7-9-10-12-22-31-27-19-16-25(17-20-27)28-21-15-24(23-29-28)14-18-26(30)13-11-8-6-4-2/h3,15-17,19-21,23,26,30H,1,4-14,18,22H2,2H3. The molecule has 0 amide bonds. The van der Waals surface area contributed by atoms with Crippen molar-refractivity contribution < 1.29 is 9.84 Å². The van der Waals surface area contributed by atoms with Gasteiger partial charge in [-0.25, -0.2) is 0 Å². The first kappa shape index (κ1) is 25.1. The average Bonchev–Trinajstić information content (AvgIpc) is 2.81. The van der Waals surface area contributed by atoms with Gasteiger partial charge >= 0.3 is 0 Å². The lowest BCUT2D eigenvalue weighted by atomic mass is 10.0. The molecule has 1 aromatic carbocycles. The summed E-state index contributed by atoms with van der Waals surface area (Å²) in [6.45, 7) is 6.74. The Morgan fingerprint density at radius 3 is 2.42 bits per heavy atom. The summed E-state index contributed by atoms with van der Waals surface area (Å²) in [5.41, 5.74) is 3.25. The second-order valence-electron chi connectivity index (χ2n) is 8.46. The normalized spacial score (nSPS) is 11.9. The zero-order chi connectivity index (χ0) is 22.2. The summed E-state index contributed by atoms with van der Waals surface area (Å²) < 4.78 is 5.85. The van der Waals surface area contributed by atoms with E-state index in [0.29, 0.717) is 0 Å². The number of nitrogens with zero attached hydrogens (tertiary/aromatic N) is 1. The van der Waals surface area contributed by atoms with Gasteiger partial charge in [-0.1, -0.05) is 57.6 Å². The zero-order valence-electron chi connectivity index (χ0n) is 19.4. The molecule has 0 bridgehead atoms. The van der Waals surface area contributed by atoms with Crippen LogP contribution in [0.15, 0.2) is 55.3 Å². The van der Waals surface area contributed by atoms with Crippen LogP contribution in [-0.2, 0) is 6.42 Å². The lowest BCUT2D eigenvalue weighted by Gasteiger charge is -2.10. The van der Waals surface area contributed by atoms with Crippen molar-refractivity contribution in [1.82, 2.24) is 4.98 Å². The van der Waals surface area contributed by atoms with Crippen molar-refractivity contribution in [3.8, 4) is 17.0 Å². The van der Waals surface area contributed by atoms with Gasteiger partial charge in [-0.3, -0.25) is 4.98 Å². The molecule has 0 fully saturated rings. The molecule has 3 heteroatoms. The van der Waals surface area contributed by atoms with Gasteiger partial charge in [0.15, 0.2) is 0 Å². The first-order chi connectivity index (χ1) is 15.2. The highest BCUT2D eigenvalue weighted by atomic mass is 16.5. The van der Waals surface area contributed by atoms with Crippen molar-refractivity contribution in [3.63, 3.8) is 0 Å². The number of aliphatic hydroxyl groups excluding tert-OH is 1. The van der Waals surface area contributed by atoms with E-state index in [9.17, 15) is 5.11 Å². The van der Waals surface area contributed by atoms with Crippen molar-refractivity contribution in [3.05, 3.63) is 60.8 Å². The summed E-state index contributed by atoms with van der Waals surface area (Å²) in [5.74, 6) is 0.916. The van der Waals surface area contributed by atoms with Crippen LogP contribution in [-0.4, -0.2) is 22.8 Å². The number of ether oxygens (including phenoxy) is 1. The van der Waals surface area contributed by atoms with E-state index in [-0.39, 0.29) is 6.10 Å². The highest BCUT2D eigenvalue weighted by Gasteiger charge is 2.06. The van der Waals surface area contributed by atoms with Crippen molar-refractivity contribution in [2.75, 3.05) is 6.61 Å². The van der Waals surface area contributed by atoms with Crippen LogP contribution in [0.25, 0.3) is 11.3 Å². The third kappa shape index (κ3) is 10.6. The molecule has 2 rings (SSSR count). The molecule has 1 aromatic heterocycles. The highest BCUT2D eigenvalue weighted by Crippen LogP contribution is 2.22. The van der Waals surface area contributed by atoms with E-state index in [1.807, 2.05) is 24.4 Å². The molecule has 3 nitrogen and oxygen atoms in total. The van der Waals surface area contributed by atoms with Gasteiger partial charge in [0.2, 0.25) is 0 Å². The van der Waals surface area contributed by atoms with Gasteiger partial charge in [-0.2, -0.15) is 0 Å². The Morgan fingerprint density at radius 2 is 1.71 bits per heavy atom. The molecule has 2 aromatic rings. The minimum Gasteiger partial charge on any atom is -0.494 e. The van der Waals surface area contributed by atoms with Gasteiger partial charge in [-0.15, -0.1) is 6.58 Å². The molecule has 1 unspecified atom stereocenters. The number of allylic oxidation sites excluding steroid dienone is 1. The molecule has 0 saturated carbocycles. The van der Waals surface area contributed by atoms with E-state index < -0.39 is 0 Å². The lowest BCUT2D eigenvalue weighted by molar-refractivity contribution is 0.151. The van der Waals surface area contributed by atoms with Crippen LogP contribution in [0.5, 0.6) is 5.75 Å². The van der Waals surface area contributed by atoms with Crippen LogP contribution >= 0.6 is 0 Å². The molecule has 0 radical (unpaired) electrons. The second-order valence-corrected chi connectivity index (χ2v) is 8.46. The number of rotatable bonds is 17. The number of hydrogen-bond acceptors (Lipinski definition) is 3. The fourth-order valence-corrected chi connectivity index (χ4v) is 3.68. The van der Waals surface area contributed by atoms with Gasteiger partial charge in [0.25, 0.3) is 0 Å². The Hall–Kier alpha value is -2.13. The fourth-order valence-electron chi connectivity index (χ4n) is 3.68. The molecule has 0 aliphatic rings. The van der Waals surface area contributed by atoms with Gasteiger partial charge in [-0.05, 0) is 74.4 Å². The lowest BCUT2D eigenvalue weighted by Crippen LogP contribution is -2.07. The summed E-state index contributed by atoms with van der Waals surface area (Å²) in [5, 5.41) is 10.2. The maximum absolute atomic E-state index is 10.2. The number of aliphatic hydroxyl groups is 1. The molecular weight excluding hydrogens is 382 g/mol. The largest absolute Gasteiger partial charge is 0.494 e. The van der Waals surface area contributed by atoms with E-state index >= 15 is 0 Å². The Bertz CT molecular complexity index is 709. The van der Waals surface area contributed by atoms with E-state index in [4.69, 9.17) is 4.74 Å². The number of aromatic nitrogens is 1. The summed E-state index contributed by atoms with van der Waals surface area (Å²) in [7, 11) is 0. The van der Waals surface area contributed by atoms with Crippen molar-refractivity contribution in [2.45, 2.75) is 90.1 Å². The van der Waals surface area contributed by atoms with Crippen molar-refractivity contribution in [1.29, 1.82) is 0 Å². The summed E-state index contributed by atoms with van der Waals surface area (Å²) in [6.07, 6.45) is 17.1. The topological polar surface area (TPSA) is 42.4 Å². The van der Waals surface area contributed by atoms with Crippen LogP contribution in [0.4, 0.5) is 0 Å². The Kier molecular flexibility index (Phi) is 12.7. The minimum absolute atomic E-state index is 0.198. The van der Waals surface area contributed by atoms with Crippen LogP contribution in [0.3, 0.4) is 0 Å². The molecule has 0 aliphatic carbocycles. The maximum atomic E-state index is 10.2. The molecule has 0 aliphatic heterocycles. The smallest absolute Gasteiger partial charge is 0.119 e. The summed E-state index contributed by atoms with van der Waals surface area (Å²) in [6, 6.07) is 12.4. The van der Waals surface area contributed by atoms with E-state index in [1.165, 1.54) is 44.1 Å². The predicted octanol–water partition coefficient (Wildman–Crippen LogP) is 7.53. The second kappa shape index (κ2) is 15.6. The van der Waals surface area contributed by atoms with Crippen molar-refractivity contribution in [2.24, 2.45) is 0 Å². The number of unbranched alkanes of at least 4 members (excludes halogenated alkanes) is 7. The van der Waals surface area contributed by atoms with Crippen LogP contribution in [0.2, 0.25) is 0 Å². The molecule has 1 atom stereocenters. The third-order valence-electron chi connectivity index (χ3n) is 5.70. The van der Waals surface area contributed by atoms with Gasteiger partial charge in [0.1, 0.15) is 5.75 Å². The fraction of sp³-hybridized carbons (Fsp3) is 0.536. The SMILES string of the molecule is C=CCCCCCCOc1ccc(-c2ccc(CCC(O)CCCCCC)cn2)cc1. The zero-order valence-corrected chi connectivity index (χ0v) is 19.4. The van der Waals surface area contributed by atoms with Gasteiger partial charge < -0.3 is 9.84 Å².